The molecule has 1 N–H and O–H groups in total. The van der Waals surface area contributed by atoms with Gasteiger partial charge < -0.3 is 14.5 Å². The number of para-hydroxylation sites is 2. The molecule has 5 heteroatoms. The monoisotopic (exact) mass is 378 g/mol. The van der Waals surface area contributed by atoms with Gasteiger partial charge in [0.05, 0.1) is 13.2 Å². The van der Waals surface area contributed by atoms with Crippen LogP contribution in [0.2, 0.25) is 0 Å². The number of benzene rings is 2. The van der Waals surface area contributed by atoms with Gasteiger partial charge in [-0.2, -0.15) is 0 Å². The summed E-state index contributed by atoms with van der Waals surface area (Å²) in [6.07, 6.45) is 2.37. The molecule has 2 heterocycles. The van der Waals surface area contributed by atoms with Crippen LogP contribution in [-0.4, -0.2) is 37.6 Å². The van der Waals surface area contributed by atoms with Crippen molar-refractivity contribution in [2.24, 2.45) is 0 Å². The number of aryl methyl sites for hydroxylation is 1. The first-order valence-corrected chi connectivity index (χ1v) is 9.82. The van der Waals surface area contributed by atoms with E-state index in [0.29, 0.717) is 12.3 Å². The maximum atomic E-state index is 12.9. The average molecular weight is 378 g/mol. The highest BCUT2D eigenvalue weighted by atomic mass is 16.5. The largest absolute Gasteiger partial charge is 0.496 e. The number of carbonyl (C=O) groups is 1. The molecule has 0 spiro atoms. The van der Waals surface area contributed by atoms with E-state index in [1.165, 1.54) is 12.8 Å². The number of furan rings is 1. The predicted molar refractivity (Wildman–Crippen MR) is 110 cm³/mol. The Balaban J connectivity index is 1.57. The van der Waals surface area contributed by atoms with E-state index < -0.39 is 0 Å². The summed E-state index contributed by atoms with van der Waals surface area (Å²) in [4.78, 5) is 15.3. The number of hydrogen-bond donors (Lipinski definition) is 1. The first-order chi connectivity index (χ1) is 13.7. The number of amides is 1. The Morgan fingerprint density at radius 3 is 2.61 bits per heavy atom. The highest BCUT2D eigenvalue weighted by Gasteiger charge is 2.27. The van der Waals surface area contributed by atoms with Crippen molar-refractivity contribution in [2.75, 3.05) is 26.7 Å². The van der Waals surface area contributed by atoms with E-state index in [0.717, 1.165) is 40.9 Å². The second-order valence-corrected chi connectivity index (χ2v) is 7.26. The van der Waals surface area contributed by atoms with Gasteiger partial charge in [-0.3, -0.25) is 9.69 Å². The third-order valence-corrected chi connectivity index (χ3v) is 5.59. The molecule has 1 aliphatic heterocycles. The smallest absolute Gasteiger partial charge is 0.287 e. The lowest BCUT2D eigenvalue weighted by Crippen LogP contribution is -2.37. The van der Waals surface area contributed by atoms with Crippen molar-refractivity contribution in [2.45, 2.75) is 25.8 Å². The van der Waals surface area contributed by atoms with Gasteiger partial charge in [-0.1, -0.05) is 36.4 Å². The minimum absolute atomic E-state index is 0.0762. The molecule has 146 valence electrons. The van der Waals surface area contributed by atoms with Crippen molar-refractivity contribution < 1.29 is 13.9 Å². The Hall–Kier alpha value is -2.79. The number of nitrogens with zero attached hydrogens (tertiary/aromatic N) is 1. The van der Waals surface area contributed by atoms with Crippen LogP contribution in [0.1, 0.15) is 40.6 Å². The van der Waals surface area contributed by atoms with Gasteiger partial charge in [0.1, 0.15) is 11.3 Å². The van der Waals surface area contributed by atoms with Crippen molar-refractivity contribution in [1.82, 2.24) is 10.2 Å². The first-order valence-electron chi connectivity index (χ1n) is 9.82. The number of rotatable bonds is 6. The lowest BCUT2D eigenvalue weighted by molar-refractivity contribution is 0.0911. The Morgan fingerprint density at radius 1 is 1.14 bits per heavy atom. The number of hydrogen-bond acceptors (Lipinski definition) is 4. The highest BCUT2D eigenvalue weighted by molar-refractivity contribution is 5.98. The van der Waals surface area contributed by atoms with E-state index in [1.54, 1.807) is 7.11 Å². The molecule has 0 unspecified atom stereocenters. The van der Waals surface area contributed by atoms with E-state index in [-0.39, 0.29) is 11.9 Å². The van der Waals surface area contributed by atoms with Crippen LogP contribution >= 0.6 is 0 Å². The molecule has 2 aromatic carbocycles. The minimum atomic E-state index is -0.173. The number of ether oxygens (including phenoxy) is 1. The second-order valence-electron chi connectivity index (χ2n) is 7.26. The fourth-order valence-electron chi connectivity index (χ4n) is 4.09. The summed E-state index contributed by atoms with van der Waals surface area (Å²) in [5, 5.41) is 4.08. The van der Waals surface area contributed by atoms with Crippen molar-refractivity contribution in [3.63, 3.8) is 0 Å². The van der Waals surface area contributed by atoms with E-state index in [1.807, 2.05) is 49.4 Å². The zero-order valence-corrected chi connectivity index (χ0v) is 16.4. The minimum Gasteiger partial charge on any atom is -0.496 e. The quantitative estimate of drug-likeness (QED) is 0.694. The fraction of sp³-hybridized carbons (Fsp3) is 0.348. The van der Waals surface area contributed by atoms with Crippen LogP contribution in [0.3, 0.4) is 0 Å². The SMILES string of the molecule is COc1ccccc1[C@H](CNC(=O)c1oc2ccccc2c1C)N1CCCC1. The lowest BCUT2D eigenvalue weighted by Gasteiger charge is -2.29. The number of likely N-dealkylation sites (tertiary alicyclic amines) is 1. The van der Waals surface area contributed by atoms with Crippen molar-refractivity contribution >= 4 is 16.9 Å². The van der Waals surface area contributed by atoms with Gasteiger partial charge in [0.15, 0.2) is 5.76 Å². The van der Waals surface area contributed by atoms with Crippen LogP contribution in [0.15, 0.2) is 52.9 Å². The number of carbonyl (C=O) groups excluding carboxylic acids is 1. The Labute approximate surface area is 165 Å². The van der Waals surface area contributed by atoms with E-state index in [4.69, 9.17) is 9.15 Å². The van der Waals surface area contributed by atoms with Gasteiger partial charge in [0.25, 0.3) is 5.91 Å². The third-order valence-electron chi connectivity index (χ3n) is 5.59. The van der Waals surface area contributed by atoms with Crippen LogP contribution in [0.5, 0.6) is 5.75 Å². The Morgan fingerprint density at radius 2 is 1.86 bits per heavy atom. The first kappa shape index (κ1) is 18.6. The average Bonchev–Trinajstić information content (AvgIpc) is 3.37. The zero-order chi connectivity index (χ0) is 19.5. The summed E-state index contributed by atoms with van der Waals surface area (Å²) in [6.45, 7) is 4.50. The molecule has 0 aliphatic carbocycles. The molecule has 3 aromatic rings. The highest BCUT2D eigenvalue weighted by Crippen LogP contribution is 2.31. The molecule has 28 heavy (non-hydrogen) atoms. The van der Waals surface area contributed by atoms with Gasteiger partial charge in [-0.05, 0) is 45.0 Å². The van der Waals surface area contributed by atoms with Crippen LogP contribution < -0.4 is 10.1 Å². The summed E-state index contributed by atoms with van der Waals surface area (Å²) in [6, 6.07) is 15.9. The number of methoxy groups -OCH3 is 1. The molecule has 1 atom stereocenters. The Bertz CT molecular complexity index is 973. The molecular formula is C23H26N2O3. The van der Waals surface area contributed by atoms with Gasteiger partial charge in [-0.15, -0.1) is 0 Å². The standard InChI is InChI=1S/C23H26N2O3/c1-16-17-9-3-6-12-21(17)28-22(16)23(26)24-15-19(25-13-7-8-14-25)18-10-4-5-11-20(18)27-2/h3-6,9-12,19H,7-8,13-15H2,1-2H3,(H,24,26)/t19-/m0/s1. The third kappa shape index (κ3) is 3.50. The predicted octanol–water partition coefficient (Wildman–Crippen LogP) is 4.32. The maximum absolute atomic E-state index is 12.9. The molecule has 1 fully saturated rings. The summed E-state index contributed by atoms with van der Waals surface area (Å²) in [5.41, 5.74) is 2.72. The van der Waals surface area contributed by atoms with Crippen LogP contribution in [0.4, 0.5) is 0 Å². The van der Waals surface area contributed by atoms with Gasteiger partial charge in [0.2, 0.25) is 0 Å². The maximum Gasteiger partial charge on any atom is 0.287 e. The molecule has 0 saturated carbocycles. The molecule has 1 aliphatic rings. The molecule has 4 rings (SSSR count). The zero-order valence-electron chi connectivity index (χ0n) is 16.4. The van der Waals surface area contributed by atoms with E-state index in [2.05, 4.69) is 16.3 Å². The fourth-order valence-corrected chi connectivity index (χ4v) is 4.09. The molecule has 1 amide bonds. The summed E-state index contributed by atoms with van der Waals surface area (Å²) < 4.78 is 11.4. The van der Waals surface area contributed by atoms with Crippen LogP contribution in [-0.2, 0) is 0 Å². The summed E-state index contributed by atoms with van der Waals surface area (Å²) in [5.74, 6) is 1.07. The van der Waals surface area contributed by atoms with Crippen molar-refractivity contribution in [1.29, 1.82) is 0 Å². The molecule has 1 aromatic heterocycles. The van der Waals surface area contributed by atoms with Crippen LogP contribution in [0, 0.1) is 6.92 Å². The number of fused-ring (bicyclic) bond motifs is 1. The van der Waals surface area contributed by atoms with E-state index >= 15 is 0 Å². The van der Waals surface area contributed by atoms with E-state index in [9.17, 15) is 4.79 Å². The van der Waals surface area contributed by atoms with Crippen LogP contribution in [0.25, 0.3) is 11.0 Å². The normalized spacial score (nSPS) is 15.6. The van der Waals surface area contributed by atoms with Gasteiger partial charge in [0, 0.05) is 23.1 Å². The van der Waals surface area contributed by atoms with Gasteiger partial charge >= 0.3 is 0 Å². The summed E-state index contributed by atoms with van der Waals surface area (Å²) >= 11 is 0. The van der Waals surface area contributed by atoms with Gasteiger partial charge in [-0.25, -0.2) is 0 Å². The molecule has 1 saturated heterocycles. The molecular weight excluding hydrogens is 352 g/mol. The van der Waals surface area contributed by atoms with Crippen molar-refractivity contribution in [3.8, 4) is 5.75 Å². The lowest BCUT2D eigenvalue weighted by atomic mass is 10.0. The Kier molecular flexibility index (Phi) is 5.35. The summed E-state index contributed by atoms with van der Waals surface area (Å²) in [7, 11) is 1.69. The van der Waals surface area contributed by atoms with Crippen molar-refractivity contribution in [3.05, 3.63) is 65.4 Å². The second kappa shape index (κ2) is 8.07. The number of nitrogens with one attached hydrogen (secondary N) is 1. The topological polar surface area (TPSA) is 54.7 Å². The molecule has 5 nitrogen and oxygen atoms in total. The molecule has 0 bridgehead atoms. The molecule has 0 radical (unpaired) electrons.